The van der Waals surface area contributed by atoms with Crippen LogP contribution in [0, 0.1) is 6.92 Å². The Bertz CT molecular complexity index is 1880. The van der Waals surface area contributed by atoms with Crippen LogP contribution in [0.3, 0.4) is 0 Å². The van der Waals surface area contributed by atoms with Crippen molar-refractivity contribution in [1.82, 2.24) is 19.1 Å². The summed E-state index contributed by atoms with van der Waals surface area (Å²) in [7, 11) is -4.21. The number of nitrogen functional groups attached to an aromatic ring is 1. The van der Waals surface area contributed by atoms with Gasteiger partial charge in [-0.3, -0.25) is 9.79 Å². The Kier molecular flexibility index (Phi) is 5.94. The van der Waals surface area contributed by atoms with Gasteiger partial charge in [-0.25, -0.2) is 17.1 Å². The molecule has 3 heterocycles. The number of hydrogen-bond donors (Lipinski definition) is 2. The van der Waals surface area contributed by atoms with Gasteiger partial charge in [0, 0.05) is 5.39 Å². The van der Waals surface area contributed by atoms with Crippen LogP contribution in [-0.2, 0) is 10.0 Å². The molecule has 2 aromatic carbocycles. The Morgan fingerprint density at radius 1 is 1.10 bits per heavy atom. The number of halogens is 2. The first-order valence-electron chi connectivity index (χ1n) is 12.0. The quantitative estimate of drug-likeness (QED) is 0.330. The number of nitrogens with one attached hydrogen (secondary N) is 1. The summed E-state index contributed by atoms with van der Waals surface area (Å²) in [6.45, 7) is 3.74. The van der Waals surface area contributed by atoms with Crippen molar-refractivity contribution in [2.75, 3.05) is 5.73 Å². The molecule has 0 radical (unpaired) electrons. The van der Waals surface area contributed by atoms with Gasteiger partial charge in [0.25, 0.3) is 10.0 Å². The summed E-state index contributed by atoms with van der Waals surface area (Å²) in [5.41, 5.74) is 8.07. The number of aryl methyl sites for hydroxylation is 1. The van der Waals surface area contributed by atoms with E-state index in [0.29, 0.717) is 11.1 Å². The number of fused-ring (bicyclic) bond motifs is 2. The maximum absolute atomic E-state index is 13.9. The first-order valence-corrected chi connectivity index (χ1v) is 14.2. The summed E-state index contributed by atoms with van der Waals surface area (Å²) in [5.74, 6) is 0.264. The zero-order valence-electron chi connectivity index (χ0n) is 20.8. The van der Waals surface area contributed by atoms with Crippen molar-refractivity contribution in [1.29, 1.82) is 0 Å². The number of benzene rings is 2. The fourth-order valence-electron chi connectivity index (χ4n) is 4.85. The summed E-state index contributed by atoms with van der Waals surface area (Å²) < 4.78 is 30.2. The molecule has 0 amide bonds. The minimum atomic E-state index is -4.21. The van der Waals surface area contributed by atoms with Gasteiger partial charge >= 0.3 is 0 Å². The molecule has 6 rings (SSSR count). The molecular weight excluding hydrogens is 559 g/mol. The van der Waals surface area contributed by atoms with Crippen molar-refractivity contribution in [3.05, 3.63) is 93.8 Å². The van der Waals surface area contributed by atoms with Crippen LogP contribution >= 0.6 is 23.2 Å². The standard InChI is InChI=1S/C27H22Cl2N6O3S/c1-14-3-6-17(7-4-14)39(37,38)35-23-10-8-20(28)25(29)18(23)12-24(35)26(36)19-13-31-34(27(19)30)16-5-9-21-22(11-16)33-15(2)32-21/h3-13,21-22H,30H2,1-2H3,(H,32,33). The first kappa shape index (κ1) is 25.4. The Labute approximate surface area is 234 Å². The molecule has 0 fully saturated rings. The van der Waals surface area contributed by atoms with E-state index >= 15 is 0 Å². The van der Waals surface area contributed by atoms with Crippen molar-refractivity contribution < 1.29 is 13.2 Å². The number of nitrogens with zero attached hydrogens (tertiary/aromatic N) is 4. The lowest BCUT2D eigenvalue weighted by atomic mass is 10.0. The van der Waals surface area contributed by atoms with Crippen molar-refractivity contribution in [3.8, 4) is 0 Å². The molecule has 12 heteroatoms. The van der Waals surface area contributed by atoms with Crippen molar-refractivity contribution in [2.24, 2.45) is 4.99 Å². The number of amidine groups is 1. The molecule has 2 unspecified atom stereocenters. The summed E-state index contributed by atoms with van der Waals surface area (Å²) >= 11 is 12.7. The SMILES string of the molecule is CC1=NC2C=C(n3ncc(C(=O)c4cc5c(Cl)c(Cl)ccc5n4S(=O)(=O)c4ccc(C)cc4)c3N)C=CC2N1. The van der Waals surface area contributed by atoms with Crippen molar-refractivity contribution in [3.63, 3.8) is 0 Å². The predicted octanol–water partition coefficient (Wildman–Crippen LogP) is 4.67. The first-order chi connectivity index (χ1) is 18.6. The minimum Gasteiger partial charge on any atom is -0.383 e. The molecule has 9 nitrogen and oxygen atoms in total. The average Bonchev–Trinajstić information content (AvgIpc) is 3.60. The third kappa shape index (κ3) is 4.07. The Morgan fingerprint density at radius 3 is 2.59 bits per heavy atom. The smallest absolute Gasteiger partial charge is 0.268 e. The van der Waals surface area contributed by atoms with Gasteiger partial charge in [-0.1, -0.05) is 47.0 Å². The summed E-state index contributed by atoms with van der Waals surface area (Å²) in [6, 6.07) is 10.7. The maximum Gasteiger partial charge on any atom is 0.268 e. The van der Waals surface area contributed by atoms with E-state index in [0.717, 1.165) is 15.4 Å². The van der Waals surface area contributed by atoms with Crippen LogP contribution in [0.15, 0.2) is 76.8 Å². The van der Waals surface area contributed by atoms with E-state index in [1.165, 1.54) is 41.2 Å². The lowest BCUT2D eigenvalue weighted by molar-refractivity contribution is 0.103. The second kappa shape index (κ2) is 9.11. The number of nitrogens with two attached hydrogens (primary N) is 1. The lowest BCUT2D eigenvalue weighted by Crippen LogP contribution is -2.32. The normalized spacial score (nSPS) is 18.6. The lowest BCUT2D eigenvalue weighted by Gasteiger charge is -2.18. The van der Waals surface area contributed by atoms with E-state index in [1.807, 2.05) is 32.1 Å². The average molecular weight is 581 g/mol. The number of rotatable bonds is 5. The molecule has 4 aromatic rings. The highest BCUT2D eigenvalue weighted by molar-refractivity contribution is 7.90. The fraction of sp³-hybridized carbons (Fsp3) is 0.148. The monoisotopic (exact) mass is 580 g/mol. The fourth-order valence-corrected chi connectivity index (χ4v) is 6.73. The van der Waals surface area contributed by atoms with E-state index in [4.69, 9.17) is 28.9 Å². The molecule has 0 spiro atoms. The molecular formula is C27H22Cl2N6O3S. The van der Waals surface area contributed by atoms with Gasteiger partial charge in [0.2, 0.25) is 5.78 Å². The molecule has 3 N–H and O–H groups in total. The van der Waals surface area contributed by atoms with E-state index in [9.17, 15) is 13.2 Å². The highest BCUT2D eigenvalue weighted by Gasteiger charge is 2.31. The molecule has 1 aliphatic heterocycles. The number of aliphatic imine (C=N–C) groups is 1. The number of anilines is 1. The predicted molar refractivity (Wildman–Crippen MR) is 153 cm³/mol. The third-order valence-electron chi connectivity index (χ3n) is 6.82. The molecule has 0 saturated heterocycles. The van der Waals surface area contributed by atoms with Crippen LogP contribution in [0.5, 0.6) is 0 Å². The number of allylic oxidation sites excluding steroid dienone is 2. The van der Waals surface area contributed by atoms with Gasteiger partial charge in [0.1, 0.15) is 11.5 Å². The number of aromatic nitrogens is 3. The summed E-state index contributed by atoms with van der Waals surface area (Å²) in [5, 5.41) is 8.30. The van der Waals surface area contributed by atoms with Gasteiger partial charge in [0.05, 0.1) is 55.8 Å². The summed E-state index contributed by atoms with van der Waals surface area (Å²) in [4.78, 5) is 18.5. The van der Waals surface area contributed by atoms with Crippen LogP contribution in [0.2, 0.25) is 10.0 Å². The summed E-state index contributed by atoms with van der Waals surface area (Å²) in [6.07, 6.45) is 7.04. The van der Waals surface area contributed by atoms with Gasteiger partial charge in [0.15, 0.2) is 0 Å². The molecule has 2 aliphatic rings. The topological polar surface area (TPSA) is 124 Å². The molecule has 0 bridgehead atoms. The second-order valence-corrected chi connectivity index (χ2v) is 12.0. The highest BCUT2D eigenvalue weighted by atomic mass is 35.5. The van der Waals surface area contributed by atoms with Crippen LogP contribution < -0.4 is 11.1 Å². The van der Waals surface area contributed by atoms with Gasteiger partial charge < -0.3 is 11.1 Å². The number of ketones is 1. The van der Waals surface area contributed by atoms with E-state index in [-0.39, 0.29) is 49.6 Å². The van der Waals surface area contributed by atoms with Crippen LogP contribution in [0.25, 0.3) is 16.6 Å². The molecule has 2 atom stereocenters. The van der Waals surface area contributed by atoms with Gasteiger partial charge in [-0.05, 0) is 56.3 Å². The van der Waals surface area contributed by atoms with Crippen molar-refractivity contribution >= 4 is 67.3 Å². The van der Waals surface area contributed by atoms with Gasteiger partial charge in [-0.2, -0.15) is 5.10 Å². The molecule has 2 aromatic heterocycles. The number of carbonyl (C=O) groups is 1. The maximum atomic E-state index is 13.9. The second-order valence-electron chi connectivity index (χ2n) is 9.42. The Hall–Kier alpha value is -3.86. The van der Waals surface area contributed by atoms with Crippen LogP contribution in [0.4, 0.5) is 5.82 Å². The zero-order valence-corrected chi connectivity index (χ0v) is 23.1. The Balaban J connectivity index is 1.49. The van der Waals surface area contributed by atoms with Crippen LogP contribution in [-0.4, -0.2) is 45.9 Å². The molecule has 39 heavy (non-hydrogen) atoms. The minimum absolute atomic E-state index is 0.0162. The highest BCUT2D eigenvalue weighted by Crippen LogP contribution is 2.36. The third-order valence-corrected chi connectivity index (χ3v) is 9.38. The number of carbonyl (C=O) groups excluding carboxylic acids is 1. The van der Waals surface area contributed by atoms with Crippen LogP contribution in [0.1, 0.15) is 28.5 Å². The number of hydrogen-bond acceptors (Lipinski definition) is 7. The molecule has 0 saturated carbocycles. The van der Waals surface area contributed by atoms with E-state index in [2.05, 4.69) is 15.4 Å². The zero-order chi connectivity index (χ0) is 27.6. The Morgan fingerprint density at radius 2 is 1.85 bits per heavy atom. The van der Waals surface area contributed by atoms with E-state index < -0.39 is 15.8 Å². The van der Waals surface area contributed by atoms with Crippen molar-refractivity contribution in [2.45, 2.75) is 30.8 Å². The molecule has 198 valence electrons. The van der Waals surface area contributed by atoms with Gasteiger partial charge in [-0.15, -0.1) is 0 Å². The van der Waals surface area contributed by atoms with E-state index in [1.54, 1.807) is 12.1 Å². The largest absolute Gasteiger partial charge is 0.383 e. The molecule has 1 aliphatic carbocycles.